The predicted octanol–water partition coefficient (Wildman–Crippen LogP) is 3.27. The van der Waals surface area contributed by atoms with Crippen LogP contribution in [0.1, 0.15) is 18.1 Å². The van der Waals surface area contributed by atoms with Crippen molar-refractivity contribution in [3.63, 3.8) is 0 Å². The summed E-state index contributed by atoms with van der Waals surface area (Å²) in [7, 11) is 4.71. The summed E-state index contributed by atoms with van der Waals surface area (Å²) < 4.78 is 23.7. The van der Waals surface area contributed by atoms with Crippen molar-refractivity contribution < 1.29 is 28.5 Å². The van der Waals surface area contributed by atoms with Gasteiger partial charge in [0.15, 0.2) is 4.80 Å². The number of nitrogens with zero attached hydrogens (tertiary/aromatic N) is 2. The fraction of sp³-hybridized carbons (Fsp3) is 0.348. The van der Waals surface area contributed by atoms with Gasteiger partial charge in [0, 0.05) is 0 Å². The first-order valence-electron chi connectivity index (χ1n) is 10.0. The molecule has 3 aromatic rings. The zero-order chi connectivity index (χ0) is 23.3. The van der Waals surface area contributed by atoms with E-state index in [1.165, 1.54) is 11.3 Å². The van der Waals surface area contributed by atoms with Gasteiger partial charge in [-0.1, -0.05) is 23.5 Å². The van der Waals surface area contributed by atoms with Crippen LogP contribution in [0.2, 0.25) is 0 Å². The van der Waals surface area contributed by atoms with Gasteiger partial charge in [-0.15, -0.1) is 0 Å². The molecule has 0 N–H and O–H groups in total. The van der Waals surface area contributed by atoms with E-state index in [0.29, 0.717) is 21.8 Å². The lowest BCUT2D eigenvalue weighted by Crippen LogP contribution is -2.23. The Bertz CT molecular complexity index is 1210. The highest BCUT2D eigenvalue weighted by molar-refractivity contribution is 7.16. The third kappa shape index (κ3) is 4.94. The number of rotatable bonds is 8. The molecule has 0 aliphatic heterocycles. The van der Waals surface area contributed by atoms with Gasteiger partial charge in [0.1, 0.15) is 34.0 Å². The molecule has 9 heteroatoms. The zero-order valence-electron chi connectivity index (χ0n) is 18.8. The minimum Gasteiger partial charge on any atom is -0.496 e. The number of aryl methyl sites for hydroxylation is 1. The lowest BCUT2D eigenvalue weighted by molar-refractivity contribution is -0.143. The molecule has 0 saturated carbocycles. The summed E-state index contributed by atoms with van der Waals surface area (Å²) in [6, 6.07) is 9.09. The van der Waals surface area contributed by atoms with Gasteiger partial charge in [-0.05, 0) is 43.2 Å². The van der Waals surface area contributed by atoms with Crippen molar-refractivity contribution in [3.8, 4) is 17.2 Å². The summed E-state index contributed by atoms with van der Waals surface area (Å²) >= 11 is 1.26. The van der Waals surface area contributed by atoms with E-state index in [0.717, 1.165) is 21.6 Å². The van der Waals surface area contributed by atoms with E-state index < -0.39 is 5.97 Å². The van der Waals surface area contributed by atoms with Crippen LogP contribution in [0, 0.1) is 6.92 Å². The highest BCUT2D eigenvalue weighted by Gasteiger charge is 2.19. The monoisotopic (exact) mass is 458 g/mol. The smallest absolute Gasteiger partial charge is 0.326 e. The molecular formula is C23H26N2O6S. The molecule has 0 spiro atoms. The van der Waals surface area contributed by atoms with Gasteiger partial charge in [-0.25, -0.2) is 0 Å². The molecule has 0 radical (unpaired) electrons. The van der Waals surface area contributed by atoms with Crippen molar-refractivity contribution in [2.75, 3.05) is 27.9 Å². The van der Waals surface area contributed by atoms with Gasteiger partial charge in [0.2, 0.25) is 0 Å². The Hall–Kier alpha value is -3.33. The number of carbonyl (C=O) groups excluding carboxylic acids is 2. The van der Waals surface area contributed by atoms with Crippen LogP contribution in [0.3, 0.4) is 0 Å². The number of fused-ring (bicyclic) bond motifs is 1. The first kappa shape index (κ1) is 23.3. The van der Waals surface area contributed by atoms with Gasteiger partial charge >= 0.3 is 5.97 Å². The molecule has 2 aromatic carbocycles. The number of hydrogen-bond donors (Lipinski definition) is 0. The quantitative estimate of drug-likeness (QED) is 0.482. The van der Waals surface area contributed by atoms with Gasteiger partial charge < -0.3 is 23.5 Å². The fourth-order valence-corrected chi connectivity index (χ4v) is 4.55. The number of carbonyl (C=O) groups is 2. The van der Waals surface area contributed by atoms with E-state index in [1.807, 2.05) is 25.1 Å². The number of ether oxygens (including phenoxy) is 4. The van der Waals surface area contributed by atoms with Crippen LogP contribution >= 0.6 is 11.3 Å². The Kier molecular flexibility index (Phi) is 7.53. The molecule has 1 aromatic heterocycles. The highest BCUT2D eigenvalue weighted by atomic mass is 32.1. The van der Waals surface area contributed by atoms with Crippen LogP contribution in [0.4, 0.5) is 0 Å². The van der Waals surface area contributed by atoms with Crippen LogP contribution in [0.5, 0.6) is 17.2 Å². The molecule has 0 atom stereocenters. The minimum absolute atomic E-state index is 0.106. The van der Waals surface area contributed by atoms with Crippen molar-refractivity contribution >= 4 is 33.4 Å². The Labute approximate surface area is 190 Å². The molecule has 32 heavy (non-hydrogen) atoms. The minimum atomic E-state index is -0.434. The Morgan fingerprint density at radius 3 is 2.28 bits per heavy atom. The summed E-state index contributed by atoms with van der Waals surface area (Å²) in [5.41, 5.74) is 2.38. The molecule has 0 bridgehead atoms. The number of benzene rings is 2. The average Bonchev–Trinajstić information content (AvgIpc) is 3.11. The lowest BCUT2D eigenvalue weighted by Gasteiger charge is -2.10. The van der Waals surface area contributed by atoms with Gasteiger partial charge in [-0.2, -0.15) is 4.99 Å². The molecule has 0 unspecified atom stereocenters. The van der Waals surface area contributed by atoms with Crippen molar-refractivity contribution in [2.24, 2.45) is 4.99 Å². The van der Waals surface area contributed by atoms with Crippen LogP contribution < -0.4 is 19.0 Å². The van der Waals surface area contributed by atoms with Crippen molar-refractivity contribution in [1.29, 1.82) is 0 Å². The van der Waals surface area contributed by atoms with E-state index in [1.54, 1.807) is 45.0 Å². The van der Waals surface area contributed by atoms with E-state index in [9.17, 15) is 9.59 Å². The Balaban J connectivity index is 2.08. The van der Waals surface area contributed by atoms with Crippen molar-refractivity contribution in [1.82, 2.24) is 4.57 Å². The molecular weight excluding hydrogens is 432 g/mol. The predicted molar refractivity (Wildman–Crippen MR) is 122 cm³/mol. The van der Waals surface area contributed by atoms with Crippen LogP contribution in [0.25, 0.3) is 10.2 Å². The number of hydrogen-bond acceptors (Lipinski definition) is 7. The summed E-state index contributed by atoms with van der Waals surface area (Å²) in [6.07, 6.45) is 0.118. The van der Waals surface area contributed by atoms with E-state index >= 15 is 0 Å². The van der Waals surface area contributed by atoms with Gasteiger partial charge in [-0.3, -0.25) is 9.59 Å². The number of amides is 1. The number of aromatic nitrogens is 1. The fourth-order valence-electron chi connectivity index (χ4n) is 3.39. The Morgan fingerprint density at radius 2 is 1.66 bits per heavy atom. The van der Waals surface area contributed by atoms with Crippen LogP contribution in [0.15, 0.2) is 35.3 Å². The third-order valence-electron chi connectivity index (χ3n) is 4.82. The van der Waals surface area contributed by atoms with Gasteiger partial charge in [0.25, 0.3) is 5.91 Å². The van der Waals surface area contributed by atoms with E-state index in [-0.39, 0.29) is 25.5 Å². The second kappa shape index (κ2) is 10.3. The largest absolute Gasteiger partial charge is 0.496 e. The lowest BCUT2D eigenvalue weighted by atomic mass is 10.1. The third-order valence-corrected chi connectivity index (χ3v) is 5.91. The molecule has 3 rings (SSSR count). The standard InChI is InChI=1S/C23H26N2O6S/c1-6-31-20(27)13-25-21-17(29-4)9-10-18(30-5)22(21)32-23(25)24-19(26)12-15-7-8-16(28-3)14(2)11-15/h7-11H,6,12-13H2,1-5H3. The van der Waals surface area contributed by atoms with E-state index in [4.69, 9.17) is 18.9 Å². The molecule has 0 saturated heterocycles. The molecule has 0 fully saturated rings. The van der Waals surface area contributed by atoms with Crippen molar-refractivity contribution in [2.45, 2.75) is 26.8 Å². The van der Waals surface area contributed by atoms with Gasteiger partial charge in [0.05, 0.1) is 34.4 Å². The molecule has 0 aliphatic rings. The second-order valence-electron chi connectivity index (χ2n) is 6.91. The normalized spacial score (nSPS) is 11.5. The summed E-state index contributed by atoms with van der Waals surface area (Å²) in [5, 5.41) is 0. The second-order valence-corrected chi connectivity index (χ2v) is 7.89. The zero-order valence-corrected chi connectivity index (χ0v) is 19.6. The van der Waals surface area contributed by atoms with E-state index in [2.05, 4.69) is 4.99 Å². The molecule has 1 heterocycles. The summed E-state index contributed by atoms with van der Waals surface area (Å²) in [6.45, 7) is 3.81. The summed E-state index contributed by atoms with van der Waals surface area (Å²) in [5.74, 6) is 1.13. The summed E-state index contributed by atoms with van der Waals surface area (Å²) in [4.78, 5) is 29.8. The molecule has 1 amide bonds. The topological polar surface area (TPSA) is 88.4 Å². The first-order valence-corrected chi connectivity index (χ1v) is 10.8. The van der Waals surface area contributed by atoms with Crippen LogP contribution in [-0.2, 0) is 27.3 Å². The van der Waals surface area contributed by atoms with Crippen molar-refractivity contribution in [3.05, 3.63) is 46.3 Å². The maximum absolute atomic E-state index is 12.8. The molecule has 170 valence electrons. The Morgan fingerprint density at radius 1 is 1.00 bits per heavy atom. The molecule has 8 nitrogen and oxygen atoms in total. The number of methoxy groups -OCH3 is 3. The number of thiazole rings is 1. The number of esters is 1. The SMILES string of the molecule is CCOC(=O)Cn1c(=NC(=O)Cc2ccc(OC)c(C)c2)sc2c(OC)ccc(OC)c21. The average molecular weight is 459 g/mol. The maximum Gasteiger partial charge on any atom is 0.326 e. The first-order chi connectivity index (χ1) is 15.4. The maximum atomic E-state index is 12.8. The highest BCUT2D eigenvalue weighted by Crippen LogP contribution is 2.35. The van der Waals surface area contributed by atoms with Crippen LogP contribution in [-0.4, -0.2) is 44.4 Å². The molecule has 0 aliphatic carbocycles.